The largest absolute Gasteiger partial charge is 0.437 e. The van der Waals surface area contributed by atoms with Crippen molar-refractivity contribution in [2.24, 2.45) is 5.73 Å². The van der Waals surface area contributed by atoms with Crippen molar-refractivity contribution in [3.63, 3.8) is 0 Å². The molecule has 96 valence electrons. The number of aryl methyl sites for hydroxylation is 2. The second-order valence-electron chi connectivity index (χ2n) is 4.14. The molecule has 1 rings (SSSR count). The molecule has 0 bridgehead atoms. The lowest BCUT2D eigenvalue weighted by Crippen LogP contribution is -2.55. The molecule has 1 atom stereocenters. The van der Waals surface area contributed by atoms with Crippen LogP contribution in [-0.2, 0) is 4.79 Å². The van der Waals surface area contributed by atoms with Crippen LogP contribution < -0.4 is 11.1 Å². The van der Waals surface area contributed by atoms with Gasteiger partial charge in [0, 0.05) is 5.75 Å². The van der Waals surface area contributed by atoms with E-state index in [0.29, 0.717) is 17.5 Å². The summed E-state index contributed by atoms with van der Waals surface area (Å²) in [4.78, 5) is 15.6. The van der Waals surface area contributed by atoms with Gasteiger partial charge in [-0.2, -0.15) is 0 Å². The predicted molar refractivity (Wildman–Crippen MR) is 68.0 cm³/mol. The lowest BCUT2D eigenvalue weighted by atomic mass is 10.1. The maximum absolute atomic E-state index is 11.4. The number of carbonyl (C=O) groups is 1. The van der Waals surface area contributed by atoms with E-state index in [1.807, 2.05) is 20.8 Å². The highest BCUT2D eigenvalue weighted by Gasteiger charge is 2.30. The molecule has 0 radical (unpaired) electrons. The number of thioether (sulfide) groups is 1. The van der Waals surface area contributed by atoms with Crippen molar-refractivity contribution in [1.82, 2.24) is 10.3 Å². The summed E-state index contributed by atoms with van der Waals surface area (Å²) in [6.07, 6.45) is 0. The summed E-state index contributed by atoms with van der Waals surface area (Å²) in [6, 6.07) is 0. The molecule has 1 amide bonds. The van der Waals surface area contributed by atoms with Crippen molar-refractivity contribution in [3.8, 4) is 0 Å². The Morgan fingerprint density at radius 3 is 2.65 bits per heavy atom. The topological polar surface area (TPSA) is 81.2 Å². The first-order chi connectivity index (χ1) is 7.89. The second-order valence-corrected chi connectivity index (χ2v) is 5.06. The average Bonchev–Trinajstić information content (AvgIpc) is 2.56. The van der Waals surface area contributed by atoms with E-state index in [1.54, 1.807) is 6.92 Å². The third kappa shape index (κ3) is 3.47. The smallest absolute Gasteiger partial charge is 0.256 e. The first-order valence-corrected chi connectivity index (χ1v) is 6.49. The molecule has 1 aromatic rings. The summed E-state index contributed by atoms with van der Waals surface area (Å²) in [7, 11) is 0. The molecular formula is C11H19N3O2S. The van der Waals surface area contributed by atoms with Gasteiger partial charge in [-0.15, -0.1) is 0 Å². The molecule has 0 spiro atoms. The summed E-state index contributed by atoms with van der Waals surface area (Å²) in [5.74, 6) is 0.929. The summed E-state index contributed by atoms with van der Waals surface area (Å²) in [6.45, 7) is 8.16. The number of nitrogens with zero attached hydrogens (tertiary/aromatic N) is 1. The van der Waals surface area contributed by atoms with Gasteiger partial charge in [0.1, 0.15) is 11.3 Å². The molecule has 0 aromatic carbocycles. The maximum atomic E-state index is 11.4. The highest BCUT2D eigenvalue weighted by atomic mass is 32.2. The van der Waals surface area contributed by atoms with E-state index in [4.69, 9.17) is 10.2 Å². The third-order valence-electron chi connectivity index (χ3n) is 2.60. The van der Waals surface area contributed by atoms with E-state index in [9.17, 15) is 4.79 Å². The molecule has 0 saturated heterocycles. The average molecular weight is 257 g/mol. The number of amides is 1. The number of hydrogen-bond donors (Lipinski definition) is 2. The number of carbonyl (C=O) groups excluding carboxylic acids is 1. The van der Waals surface area contributed by atoms with Crippen LogP contribution in [0.5, 0.6) is 0 Å². The number of hydrogen-bond acceptors (Lipinski definition) is 5. The van der Waals surface area contributed by atoms with E-state index in [-0.39, 0.29) is 5.91 Å². The molecule has 0 aliphatic carbocycles. The van der Waals surface area contributed by atoms with Crippen LogP contribution in [0, 0.1) is 13.8 Å². The van der Waals surface area contributed by atoms with Gasteiger partial charge in [0.15, 0.2) is 0 Å². The highest BCUT2D eigenvalue weighted by Crippen LogP contribution is 2.23. The number of aromatic nitrogens is 1. The Morgan fingerprint density at radius 1 is 1.59 bits per heavy atom. The second kappa shape index (κ2) is 5.55. The van der Waals surface area contributed by atoms with Crippen LogP contribution in [0.1, 0.15) is 25.3 Å². The van der Waals surface area contributed by atoms with Gasteiger partial charge >= 0.3 is 0 Å². The number of nitrogens with two attached hydrogens (primary N) is 1. The van der Waals surface area contributed by atoms with E-state index in [0.717, 1.165) is 11.5 Å². The van der Waals surface area contributed by atoms with Gasteiger partial charge in [0.25, 0.3) is 5.22 Å². The summed E-state index contributed by atoms with van der Waals surface area (Å²) >= 11 is 1.39. The van der Waals surface area contributed by atoms with Gasteiger partial charge in [-0.1, -0.05) is 18.7 Å². The quantitative estimate of drug-likeness (QED) is 0.749. The van der Waals surface area contributed by atoms with Gasteiger partial charge in [0.05, 0.1) is 5.69 Å². The van der Waals surface area contributed by atoms with Crippen LogP contribution in [0.4, 0.5) is 0 Å². The van der Waals surface area contributed by atoms with Gasteiger partial charge in [-0.25, -0.2) is 4.98 Å². The summed E-state index contributed by atoms with van der Waals surface area (Å²) in [5, 5.41) is 3.66. The molecule has 5 nitrogen and oxygen atoms in total. The summed E-state index contributed by atoms with van der Waals surface area (Å²) in [5.41, 5.74) is 5.52. The van der Waals surface area contributed by atoms with Crippen LogP contribution in [0.2, 0.25) is 0 Å². The van der Waals surface area contributed by atoms with E-state index in [2.05, 4.69) is 10.3 Å². The number of rotatable bonds is 6. The lowest BCUT2D eigenvalue weighted by Gasteiger charge is -2.25. The van der Waals surface area contributed by atoms with Gasteiger partial charge in [0.2, 0.25) is 5.91 Å². The normalized spacial score (nSPS) is 14.6. The Labute approximate surface area is 106 Å². The third-order valence-corrected chi connectivity index (χ3v) is 3.75. The van der Waals surface area contributed by atoms with Crippen LogP contribution in [0.25, 0.3) is 0 Å². The molecule has 1 unspecified atom stereocenters. The Morgan fingerprint density at radius 2 is 2.24 bits per heavy atom. The Bertz CT molecular complexity index is 386. The van der Waals surface area contributed by atoms with Gasteiger partial charge in [-0.3, -0.25) is 4.79 Å². The van der Waals surface area contributed by atoms with Crippen LogP contribution in [0.3, 0.4) is 0 Å². The zero-order valence-corrected chi connectivity index (χ0v) is 11.5. The molecule has 3 N–H and O–H groups in total. The highest BCUT2D eigenvalue weighted by molar-refractivity contribution is 7.99. The molecular weight excluding hydrogens is 238 g/mol. The van der Waals surface area contributed by atoms with Crippen molar-refractivity contribution >= 4 is 17.7 Å². The van der Waals surface area contributed by atoms with E-state index >= 15 is 0 Å². The zero-order valence-electron chi connectivity index (χ0n) is 10.7. The number of nitrogens with one attached hydrogen (secondary N) is 1. The van der Waals surface area contributed by atoms with Crippen molar-refractivity contribution in [3.05, 3.63) is 11.5 Å². The Hall–Kier alpha value is -1.01. The fourth-order valence-electron chi connectivity index (χ4n) is 1.31. The minimum absolute atomic E-state index is 0.369. The molecule has 0 aliphatic rings. The predicted octanol–water partition coefficient (Wildman–Crippen LogP) is 1.24. The molecule has 0 aliphatic heterocycles. The van der Waals surface area contributed by atoms with Crippen molar-refractivity contribution < 1.29 is 9.21 Å². The molecule has 1 aromatic heterocycles. The zero-order chi connectivity index (χ0) is 13.1. The van der Waals surface area contributed by atoms with Crippen LogP contribution >= 0.6 is 11.8 Å². The summed E-state index contributed by atoms with van der Waals surface area (Å²) < 4.78 is 5.44. The number of primary amides is 1. The lowest BCUT2D eigenvalue weighted by molar-refractivity contribution is -0.122. The molecule has 0 fully saturated rings. The standard InChI is InChI=1S/C11H19N3O2S/c1-5-13-11(4,9(12)15)6-17-10-14-7(2)8(3)16-10/h13H,5-6H2,1-4H3,(H2,12,15). The maximum Gasteiger partial charge on any atom is 0.256 e. The van der Waals surface area contributed by atoms with Crippen molar-refractivity contribution in [2.75, 3.05) is 12.3 Å². The van der Waals surface area contributed by atoms with E-state index < -0.39 is 5.54 Å². The Balaban J connectivity index is 2.67. The van der Waals surface area contributed by atoms with Crippen molar-refractivity contribution in [2.45, 2.75) is 38.5 Å². The molecule has 17 heavy (non-hydrogen) atoms. The number of likely N-dealkylation sites (N-methyl/N-ethyl adjacent to an activating group) is 1. The van der Waals surface area contributed by atoms with Crippen LogP contribution in [-0.4, -0.2) is 28.7 Å². The minimum atomic E-state index is -0.740. The molecule has 1 heterocycles. The molecule has 6 heteroatoms. The SMILES string of the molecule is CCNC(C)(CSc1nc(C)c(C)o1)C(N)=O. The fraction of sp³-hybridized carbons (Fsp3) is 0.636. The van der Waals surface area contributed by atoms with Gasteiger partial charge in [-0.05, 0) is 27.3 Å². The monoisotopic (exact) mass is 257 g/mol. The minimum Gasteiger partial charge on any atom is -0.437 e. The first kappa shape index (κ1) is 14.1. The fourth-order valence-corrected chi connectivity index (χ4v) is 2.35. The first-order valence-electron chi connectivity index (χ1n) is 5.51. The van der Waals surface area contributed by atoms with E-state index in [1.165, 1.54) is 11.8 Å². The Kier molecular flexibility index (Phi) is 4.59. The van der Waals surface area contributed by atoms with Crippen molar-refractivity contribution in [1.29, 1.82) is 0 Å². The van der Waals surface area contributed by atoms with Gasteiger partial charge < -0.3 is 15.5 Å². The molecule has 0 saturated carbocycles. The van der Waals surface area contributed by atoms with Crippen LogP contribution in [0.15, 0.2) is 9.64 Å². The number of oxazole rings is 1.